The maximum Gasteiger partial charge on any atom is 0.163 e. The molecule has 0 aliphatic heterocycles. The molecule has 6 heteroatoms. The number of hydrogen-bond donors (Lipinski definition) is 2. The molecule has 0 radical (unpaired) electrons. The fraction of sp³-hybridized carbons (Fsp3) is 0.154. The van der Waals surface area contributed by atoms with E-state index in [4.69, 9.17) is 11.6 Å². The molecule has 3 heterocycles. The van der Waals surface area contributed by atoms with Gasteiger partial charge in [0.25, 0.3) is 0 Å². The van der Waals surface area contributed by atoms with Gasteiger partial charge in [-0.3, -0.25) is 0 Å². The van der Waals surface area contributed by atoms with Crippen LogP contribution in [0.1, 0.15) is 6.92 Å². The lowest BCUT2D eigenvalue weighted by Crippen LogP contribution is -2.00. The lowest BCUT2D eigenvalue weighted by molar-refractivity contribution is 1.12. The number of fused-ring (bicyclic) bond motifs is 1. The lowest BCUT2D eigenvalue weighted by atomic mass is 10.2. The number of nitrogens with zero attached hydrogens (tertiary/aromatic N) is 3. The zero-order valence-corrected chi connectivity index (χ0v) is 11.1. The van der Waals surface area contributed by atoms with Crippen LogP contribution >= 0.6 is 11.6 Å². The molecule has 0 saturated heterocycles. The molecule has 0 bridgehead atoms. The fourth-order valence-electron chi connectivity index (χ4n) is 1.93. The highest BCUT2D eigenvalue weighted by molar-refractivity contribution is 6.31. The van der Waals surface area contributed by atoms with E-state index in [1.54, 1.807) is 12.4 Å². The Kier molecular flexibility index (Phi) is 3.05. The third-order valence-electron chi connectivity index (χ3n) is 2.75. The van der Waals surface area contributed by atoms with Crippen LogP contribution in [-0.2, 0) is 0 Å². The second-order valence-corrected chi connectivity index (χ2v) is 4.48. The Labute approximate surface area is 115 Å². The molecule has 3 aromatic rings. The molecule has 0 amide bonds. The van der Waals surface area contributed by atoms with E-state index in [-0.39, 0.29) is 0 Å². The van der Waals surface area contributed by atoms with Gasteiger partial charge < -0.3 is 10.3 Å². The summed E-state index contributed by atoms with van der Waals surface area (Å²) in [6, 6.07) is 3.70. The molecule has 3 aromatic heterocycles. The number of aromatic amines is 1. The average molecular weight is 274 g/mol. The number of halogens is 1. The Hall–Kier alpha value is -2.14. The number of anilines is 1. The largest absolute Gasteiger partial charge is 0.370 e. The van der Waals surface area contributed by atoms with Gasteiger partial charge in [0.05, 0.1) is 5.02 Å². The summed E-state index contributed by atoms with van der Waals surface area (Å²) in [5, 5.41) is 4.68. The van der Waals surface area contributed by atoms with E-state index in [0.717, 1.165) is 29.0 Å². The highest BCUT2D eigenvalue weighted by Gasteiger charge is 2.10. The van der Waals surface area contributed by atoms with Crippen molar-refractivity contribution in [3.05, 3.63) is 35.7 Å². The summed E-state index contributed by atoms with van der Waals surface area (Å²) in [4.78, 5) is 16.1. The molecule has 0 aromatic carbocycles. The quantitative estimate of drug-likeness (QED) is 0.769. The molecule has 3 rings (SSSR count). The van der Waals surface area contributed by atoms with Gasteiger partial charge in [0.2, 0.25) is 0 Å². The van der Waals surface area contributed by atoms with Gasteiger partial charge in [0.15, 0.2) is 5.82 Å². The smallest absolute Gasteiger partial charge is 0.163 e. The van der Waals surface area contributed by atoms with Crippen LogP contribution in [0.4, 0.5) is 5.82 Å². The van der Waals surface area contributed by atoms with Gasteiger partial charge >= 0.3 is 0 Å². The van der Waals surface area contributed by atoms with Gasteiger partial charge in [-0.15, -0.1) is 0 Å². The van der Waals surface area contributed by atoms with Crippen LogP contribution in [0.2, 0.25) is 5.02 Å². The molecule has 0 spiro atoms. The van der Waals surface area contributed by atoms with E-state index in [1.165, 1.54) is 0 Å². The van der Waals surface area contributed by atoms with Crippen molar-refractivity contribution in [2.75, 3.05) is 11.9 Å². The van der Waals surface area contributed by atoms with Crippen molar-refractivity contribution in [1.82, 2.24) is 19.9 Å². The second kappa shape index (κ2) is 4.85. The Morgan fingerprint density at radius 3 is 3.11 bits per heavy atom. The molecule has 0 unspecified atom stereocenters. The highest BCUT2D eigenvalue weighted by atomic mass is 35.5. The third-order valence-corrected chi connectivity index (χ3v) is 2.96. The van der Waals surface area contributed by atoms with Crippen molar-refractivity contribution < 1.29 is 0 Å². The predicted octanol–water partition coefficient (Wildman–Crippen LogP) is 3.11. The van der Waals surface area contributed by atoms with Gasteiger partial charge in [-0.1, -0.05) is 11.6 Å². The molecule has 2 N–H and O–H groups in total. The second-order valence-electron chi connectivity index (χ2n) is 4.05. The number of rotatable bonds is 3. The van der Waals surface area contributed by atoms with Crippen molar-refractivity contribution in [3.63, 3.8) is 0 Å². The minimum Gasteiger partial charge on any atom is -0.370 e. The van der Waals surface area contributed by atoms with Gasteiger partial charge in [-0.25, -0.2) is 15.0 Å². The number of hydrogen-bond acceptors (Lipinski definition) is 4. The van der Waals surface area contributed by atoms with Crippen LogP contribution in [0.25, 0.3) is 22.4 Å². The number of pyridine rings is 1. The lowest BCUT2D eigenvalue weighted by Gasteiger charge is -2.03. The average Bonchev–Trinajstić information content (AvgIpc) is 2.82. The molecule has 0 atom stereocenters. The number of aromatic nitrogens is 4. The van der Waals surface area contributed by atoms with E-state index in [2.05, 4.69) is 25.3 Å². The van der Waals surface area contributed by atoms with E-state index in [9.17, 15) is 0 Å². The standard InChI is InChI=1S/C13H12ClN5/c1-2-15-11-3-4-16-13(19-11)10-7-18-12-9(10)5-8(14)6-17-12/h3-7H,2H2,1H3,(H,17,18)(H,15,16,19). The zero-order valence-electron chi connectivity index (χ0n) is 10.3. The number of H-pyrrole nitrogens is 1. The summed E-state index contributed by atoms with van der Waals surface area (Å²) in [5.74, 6) is 1.45. The van der Waals surface area contributed by atoms with Gasteiger partial charge in [-0.2, -0.15) is 0 Å². The normalized spacial score (nSPS) is 10.8. The first-order valence-corrected chi connectivity index (χ1v) is 6.35. The first kappa shape index (κ1) is 11.9. The van der Waals surface area contributed by atoms with Crippen LogP contribution < -0.4 is 5.32 Å². The summed E-state index contributed by atoms with van der Waals surface area (Å²) in [7, 11) is 0. The molecule has 5 nitrogen and oxygen atoms in total. The molecule has 19 heavy (non-hydrogen) atoms. The maximum absolute atomic E-state index is 5.99. The summed E-state index contributed by atoms with van der Waals surface area (Å²) >= 11 is 5.99. The molecule has 0 saturated carbocycles. The van der Waals surface area contributed by atoms with E-state index in [0.29, 0.717) is 10.8 Å². The fourth-order valence-corrected chi connectivity index (χ4v) is 2.09. The SMILES string of the molecule is CCNc1ccnc(-c2c[nH]c3ncc(Cl)cc23)n1. The highest BCUT2D eigenvalue weighted by Crippen LogP contribution is 2.27. The Morgan fingerprint density at radius 2 is 2.26 bits per heavy atom. The van der Waals surface area contributed by atoms with E-state index >= 15 is 0 Å². The molecular weight excluding hydrogens is 262 g/mol. The first-order valence-electron chi connectivity index (χ1n) is 5.98. The van der Waals surface area contributed by atoms with Crippen LogP contribution in [-0.4, -0.2) is 26.5 Å². The summed E-state index contributed by atoms with van der Waals surface area (Å²) in [6.07, 6.45) is 5.19. The molecule has 0 aliphatic rings. The van der Waals surface area contributed by atoms with E-state index in [1.807, 2.05) is 25.3 Å². The van der Waals surface area contributed by atoms with E-state index < -0.39 is 0 Å². The first-order chi connectivity index (χ1) is 9.28. The molecule has 0 aliphatic carbocycles. The summed E-state index contributed by atoms with van der Waals surface area (Å²) < 4.78 is 0. The van der Waals surface area contributed by atoms with Crippen LogP contribution in [0.15, 0.2) is 30.7 Å². The summed E-state index contributed by atoms with van der Waals surface area (Å²) in [5.41, 5.74) is 1.67. The van der Waals surface area contributed by atoms with Gasteiger partial charge in [0, 0.05) is 36.1 Å². The predicted molar refractivity (Wildman–Crippen MR) is 76.3 cm³/mol. The molecule has 96 valence electrons. The van der Waals surface area contributed by atoms with Gasteiger partial charge in [0.1, 0.15) is 11.5 Å². The Morgan fingerprint density at radius 1 is 1.37 bits per heavy atom. The Balaban J connectivity index is 2.13. The van der Waals surface area contributed by atoms with Crippen LogP contribution in [0.5, 0.6) is 0 Å². The van der Waals surface area contributed by atoms with Gasteiger partial charge in [-0.05, 0) is 19.1 Å². The number of nitrogens with one attached hydrogen (secondary N) is 2. The monoisotopic (exact) mass is 273 g/mol. The van der Waals surface area contributed by atoms with Crippen molar-refractivity contribution in [2.45, 2.75) is 6.92 Å². The third kappa shape index (κ3) is 2.24. The van der Waals surface area contributed by atoms with Crippen molar-refractivity contribution in [2.24, 2.45) is 0 Å². The minimum atomic E-state index is 0.594. The van der Waals surface area contributed by atoms with Crippen molar-refractivity contribution in [3.8, 4) is 11.4 Å². The topological polar surface area (TPSA) is 66.5 Å². The molecular formula is C13H12ClN5. The maximum atomic E-state index is 5.99. The van der Waals surface area contributed by atoms with Crippen molar-refractivity contribution in [1.29, 1.82) is 0 Å². The zero-order chi connectivity index (χ0) is 13.2. The Bertz CT molecular complexity index is 722. The summed E-state index contributed by atoms with van der Waals surface area (Å²) in [6.45, 7) is 2.84. The van der Waals surface area contributed by atoms with Crippen LogP contribution in [0.3, 0.4) is 0 Å². The molecule has 0 fully saturated rings. The minimum absolute atomic E-state index is 0.594. The van der Waals surface area contributed by atoms with Crippen LogP contribution in [0, 0.1) is 0 Å². The van der Waals surface area contributed by atoms with Crippen molar-refractivity contribution >= 4 is 28.5 Å².